The highest BCUT2D eigenvalue weighted by Crippen LogP contribution is 2.24. The van der Waals surface area contributed by atoms with Gasteiger partial charge in [-0.25, -0.2) is 0 Å². The predicted octanol–water partition coefficient (Wildman–Crippen LogP) is 3.19. The standard InChI is InChI=1S/C11H25N/c1-6-10(12)9(2)7-8-11(3,4)5/h9-10H,6-8,12H2,1-5H3. The summed E-state index contributed by atoms with van der Waals surface area (Å²) in [6, 6.07) is 0.396. The molecule has 0 aromatic carbocycles. The first kappa shape index (κ1) is 12.0. The summed E-state index contributed by atoms with van der Waals surface area (Å²) in [4.78, 5) is 0. The summed E-state index contributed by atoms with van der Waals surface area (Å²) in [6.07, 6.45) is 3.64. The van der Waals surface area contributed by atoms with Gasteiger partial charge in [-0.15, -0.1) is 0 Å². The summed E-state index contributed by atoms with van der Waals surface area (Å²) in [5, 5.41) is 0. The maximum atomic E-state index is 5.95. The molecule has 0 rings (SSSR count). The molecule has 0 spiro atoms. The zero-order valence-corrected chi connectivity index (χ0v) is 9.35. The molecule has 0 aliphatic rings. The maximum absolute atomic E-state index is 5.95. The van der Waals surface area contributed by atoms with Crippen molar-refractivity contribution in [1.82, 2.24) is 0 Å². The van der Waals surface area contributed by atoms with Crippen molar-refractivity contribution in [3.05, 3.63) is 0 Å². The van der Waals surface area contributed by atoms with Crippen LogP contribution in [0.4, 0.5) is 0 Å². The number of rotatable bonds is 4. The number of hydrogen-bond acceptors (Lipinski definition) is 1. The summed E-state index contributed by atoms with van der Waals surface area (Å²) in [5.41, 5.74) is 6.41. The molecule has 0 saturated heterocycles. The van der Waals surface area contributed by atoms with E-state index in [1.165, 1.54) is 12.8 Å². The van der Waals surface area contributed by atoms with E-state index >= 15 is 0 Å². The highest BCUT2D eigenvalue weighted by molar-refractivity contribution is 4.70. The van der Waals surface area contributed by atoms with Crippen LogP contribution in [0.25, 0.3) is 0 Å². The van der Waals surface area contributed by atoms with Gasteiger partial charge in [0.15, 0.2) is 0 Å². The molecular weight excluding hydrogens is 146 g/mol. The van der Waals surface area contributed by atoms with Gasteiger partial charge in [0.1, 0.15) is 0 Å². The van der Waals surface area contributed by atoms with Gasteiger partial charge in [-0.05, 0) is 30.6 Å². The molecule has 0 heterocycles. The lowest BCUT2D eigenvalue weighted by Crippen LogP contribution is -2.28. The Bertz CT molecular complexity index is 113. The van der Waals surface area contributed by atoms with Crippen molar-refractivity contribution >= 4 is 0 Å². The molecule has 1 nitrogen and oxygen atoms in total. The fourth-order valence-corrected chi connectivity index (χ4v) is 1.28. The summed E-state index contributed by atoms with van der Waals surface area (Å²) < 4.78 is 0. The van der Waals surface area contributed by atoms with Crippen molar-refractivity contribution < 1.29 is 0 Å². The Morgan fingerprint density at radius 1 is 1.25 bits per heavy atom. The smallest absolute Gasteiger partial charge is 0.00619 e. The quantitative estimate of drug-likeness (QED) is 0.690. The Morgan fingerprint density at radius 2 is 1.75 bits per heavy atom. The molecule has 0 aliphatic carbocycles. The van der Waals surface area contributed by atoms with Gasteiger partial charge in [0, 0.05) is 6.04 Å². The van der Waals surface area contributed by atoms with Gasteiger partial charge in [0.25, 0.3) is 0 Å². The second-order valence-electron chi connectivity index (χ2n) is 5.15. The first-order valence-corrected chi connectivity index (χ1v) is 5.12. The number of hydrogen-bond donors (Lipinski definition) is 1. The zero-order valence-electron chi connectivity index (χ0n) is 9.35. The van der Waals surface area contributed by atoms with Crippen molar-refractivity contribution in [2.75, 3.05) is 0 Å². The highest BCUT2D eigenvalue weighted by atomic mass is 14.6. The van der Waals surface area contributed by atoms with Crippen LogP contribution >= 0.6 is 0 Å². The van der Waals surface area contributed by atoms with E-state index in [0.29, 0.717) is 17.4 Å². The lowest BCUT2D eigenvalue weighted by molar-refractivity contribution is 0.306. The second kappa shape index (κ2) is 4.86. The minimum Gasteiger partial charge on any atom is -0.327 e. The van der Waals surface area contributed by atoms with E-state index in [1.807, 2.05) is 0 Å². The predicted molar refractivity (Wildman–Crippen MR) is 56.1 cm³/mol. The monoisotopic (exact) mass is 171 g/mol. The summed E-state index contributed by atoms with van der Waals surface area (Å²) >= 11 is 0. The van der Waals surface area contributed by atoms with Gasteiger partial charge in [0.05, 0.1) is 0 Å². The van der Waals surface area contributed by atoms with Gasteiger partial charge >= 0.3 is 0 Å². The molecule has 0 fully saturated rings. The summed E-state index contributed by atoms with van der Waals surface area (Å²) in [6.45, 7) is 11.3. The van der Waals surface area contributed by atoms with Gasteiger partial charge in [-0.2, -0.15) is 0 Å². The molecule has 0 radical (unpaired) electrons. The van der Waals surface area contributed by atoms with Gasteiger partial charge in [-0.3, -0.25) is 0 Å². The SMILES string of the molecule is CCC(N)C(C)CCC(C)(C)C. The van der Waals surface area contributed by atoms with Crippen molar-refractivity contribution in [1.29, 1.82) is 0 Å². The molecule has 0 aromatic rings. The fourth-order valence-electron chi connectivity index (χ4n) is 1.28. The Morgan fingerprint density at radius 3 is 2.08 bits per heavy atom. The van der Waals surface area contributed by atoms with E-state index in [2.05, 4.69) is 34.6 Å². The van der Waals surface area contributed by atoms with Crippen molar-refractivity contribution in [3.63, 3.8) is 0 Å². The molecule has 12 heavy (non-hydrogen) atoms. The fraction of sp³-hybridized carbons (Fsp3) is 1.00. The van der Waals surface area contributed by atoms with E-state index in [0.717, 1.165) is 6.42 Å². The van der Waals surface area contributed by atoms with Crippen LogP contribution in [0.3, 0.4) is 0 Å². The van der Waals surface area contributed by atoms with Crippen LogP contribution in [0.5, 0.6) is 0 Å². The second-order valence-corrected chi connectivity index (χ2v) is 5.15. The van der Waals surface area contributed by atoms with Gasteiger partial charge in [0.2, 0.25) is 0 Å². The number of nitrogens with two attached hydrogens (primary N) is 1. The zero-order chi connectivity index (χ0) is 9.78. The lowest BCUT2D eigenvalue weighted by Gasteiger charge is -2.23. The van der Waals surface area contributed by atoms with E-state index in [4.69, 9.17) is 5.73 Å². The molecule has 0 aromatic heterocycles. The lowest BCUT2D eigenvalue weighted by atomic mass is 9.85. The summed E-state index contributed by atoms with van der Waals surface area (Å²) in [5.74, 6) is 0.675. The average molecular weight is 171 g/mol. The van der Waals surface area contributed by atoms with Crippen molar-refractivity contribution in [2.45, 2.75) is 59.9 Å². The minimum atomic E-state index is 0.396. The third-order valence-corrected chi connectivity index (χ3v) is 2.55. The molecule has 0 bridgehead atoms. The molecule has 1 heteroatoms. The van der Waals surface area contributed by atoms with E-state index in [9.17, 15) is 0 Å². The topological polar surface area (TPSA) is 26.0 Å². The highest BCUT2D eigenvalue weighted by Gasteiger charge is 2.15. The van der Waals surface area contributed by atoms with E-state index in [-0.39, 0.29) is 0 Å². The van der Waals surface area contributed by atoms with Crippen LogP contribution in [-0.4, -0.2) is 6.04 Å². The maximum Gasteiger partial charge on any atom is 0.00619 e. The Labute approximate surface area is 77.7 Å². The molecule has 2 N–H and O–H groups in total. The van der Waals surface area contributed by atoms with E-state index in [1.54, 1.807) is 0 Å². The Kier molecular flexibility index (Phi) is 4.84. The van der Waals surface area contributed by atoms with Crippen molar-refractivity contribution in [3.8, 4) is 0 Å². The molecule has 2 unspecified atom stereocenters. The summed E-state index contributed by atoms with van der Waals surface area (Å²) in [7, 11) is 0. The van der Waals surface area contributed by atoms with Crippen LogP contribution in [0.1, 0.15) is 53.9 Å². The first-order chi connectivity index (χ1) is 5.37. The largest absolute Gasteiger partial charge is 0.327 e. The molecule has 2 atom stereocenters. The molecular formula is C11H25N. The van der Waals surface area contributed by atoms with E-state index < -0.39 is 0 Å². The van der Waals surface area contributed by atoms with Gasteiger partial charge < -0.3 is 5.73 Å². The van der Waals surface area contributed by atoms with Crippen LogP contribution in [-0.2, 0) is 0 Å². The molecule has 74 valence electrons. The molecule has 0 saturated carbocycles. The average Bonchev–Trinajstić information content (AvgIpc) is 1.97. The van der Waals surface area contributed by atoms with Crippen LogP contribution in [0, 0.1) is 11.3 Å². The third-order valence-electron chi connectivity index (χ3n) is 2.55. The Hall–Kier alpha value is -0.0400. The van der Waals surface area contributed by atoms with Crippen LogP contribution in [0.2, 0.25) is 0 Å². The Balaban J connectivity index is 3.64. The van der Waals surface area contributed by atoms with Gasteiger partial charge in [-0.1, -0.05) is 34.6 Å². The van der Waals surface area contributed by atoms with Crippen molar-refractivity contribution in [2.24, 2.45) is 17.1 Å². The molecule has 0 aliphatic heterocycles. The minimum absolute atomic E-state index is 0.396. The molecule has 0 amide bonds. The van der Waals surface area contributed by atoms with Crippen LogP contribution < -0.4 is 5.73 Å². The normalized spacial score (nSPS) is 17.5. The third kappa shape index (κ3) is 5.59. The van der Waals surface area contributed by atoms with Crippen LogP contribution in [0.15, 0.2) is 0 Å². The first-order valence-electron chi connectivity index (χ1n) is 5.12.